The van der Waals surface area contributed by atoms with Crippen molar-refractivity contribution in [3.8, 4) is 0 Å². The van der Waals surface area contributed by atoms with Crippen molar-refractivity contribution < 1.29 is 4.79 Å². The monoisotopic (exact) mass is 395 g/mol. The van der Waals surface area contributed by atoms with Crippen LogP contribution < -0.4 is 4.90 Å². The molecule has 2 saturated heterocycles. The molecule has 2 aliphatic heterocycles. The molecule has 148 valence electrons. The predicted octanol–water partition coefficient (Wildman–Crippen LogP) is 3.94. The fourth-order valence-electron chi connectivity index (χ4n) is 4.44. The Kier molecular flexibility index (Phi) is 5.93. The molecule has 1 spiro atoms. The summed E-state index contributed by atoms with van der Waals surface area (Å²) in [4.78, 5) is 21.2. The van der Waals surface area contributed by atoms with Gasteiger partial charge in [0.25, 0.3) is 0 Å². The van der Waals surface area contributed by atoms with Crippen LogP contribution >= 0.6 is 11.8 Å². The number of thioether (sulfide) groups is 1. The molecular weight excluding hydrogens is 366 g/mol. The zero-order chi connectivity index (χ0) is 19.4. The minimum Gasteiger partial charge on any atom is -0.339 e. The van der Waals surface area contributed by atoms with Crippen LogP contribution in [0.15, 0.2) is 65.6 Å². The van der Waals surface area contributed by atoms with Gasteiger partial charge in [0.15, 0.2) is 0 Å². The molecule has 4 nitrogen and oxygen atoms in total. The molecule has 0 atom stereocenters. The third-order valence-electron chi connectivity index (χ3n) is 6.00. The van der Waals surface area contributed by atoms with Crippen molar-refractivity contribution >= 4 is 23.4 Å². The number of likely N-dealkylation sites (N-methyl/N-ethyl adjacent to an activating group) is 1. The summed E-state index contributed by atoms with van der Waals surface area (Å²) in [7, 11) is 1.93. The first-order valence-electron chi connectivity index (χ1n) is 10.2. The summed E-state index contributed by atoms with van der Waals surface area (Å²) < 4.78 is 0. The second kappa shape index (κ2) is 8.58. The van der Waals surface area contributed by atoms with Crippen molar-refractivity contribution in [1.82, 2.24) is 9.80 Å². The van der Waals surface area contributed by atoms with Gasteiger partial charge in [-0.25, -0.2) is 0 Å². The molecule has 0 aromatic heterocycles. The molecule has 2 aliphatic rings. The SMILES string of the molecule is CN1CN(c2ccccc2)C2(CCN(CCCSc3ccccc3)CC2)C1=O. The van der Waals surface area contributed by atoms with Crippen LogP contribution in [0, 0.1) is 0 Å². The number of hydrogen-bond acceptors (Lipinski definition) is 4. The van der Waals surface area contributed by atoms with Crippen LogP contribution in [-0.2, 0) is 4.79 Å². The fourth-order valence-corrected chi connectivity index (χ4v) is 5.30. The number of benzene rings is 2. The van der Waals surface area contributed by atoms with Crippen molar-refractivity contribution in [2.24, 2.45) is 0 Å². The molecule has 4 rings (SSSR count). The number of anilines is 1. The van der Waals surface area contributed by atoms with E-state index in [0.29, 0.717) is 6.67 Å². The quantitative estimate of drug-likeness (QED) is 0.547. The highest BCUT2D eigenvalue weighted by Crippen LogP contribution is 2.38. The second-order valence-electron chi connectivity index (χ2n) is 7.80. The average molecular weight is 396 g/mol. The lowest BCUT2D eigenvalue weighted by Crippen LogP contribution is -2.56. The van der Waals surface area contributed by atoms with Crippen LogP contribution in [-0.4, -0.2) is 60.3 Å². The summed E-state index contributed by atoms with van der Waals surface area (Å²) in [5.41, 5.74) is 0.804. The third kappa shape index (κ3) is 3.91. The molecule has 1 amide bonds. The van der Waals surface area contributed by atoms with Gasteiger partial charge in [-0.2, -0.15) is 0 Å². The number of nitrogens with zero attached hydrogens (tertiary/aromatic N) is 3. The van der Waals surface area contributed by atoms with Gasteiger partial charge in [0.2, 0.25) is 5.91 Å². The Morgan fingerprint density at radius 1 is 0.964 bits per heavy atom. The van der Waals surface area contributed by atoms with E-state index in [0.717, 1.165) is 43.9 Å². The topological polar surface area (TPSA) is 26.8 Å². The molecule has 2 heterocycles. The Hall–Kier alpha value is -1.98. The number of carbonyl (C=O) groups excluding carboxylic acids is 1. The molecule has 2 fully saturated rings. The fraction of sp³-hybridized carbons (Fsp3) is 0.435. The number of para-hydroxylation sites is 1. The molecule has 0 bridgehead atoms. The van der Waals surface area contributed by atoms with Gasteiger partial charge in [0, 0.05) is 30.7 Å². The van der Waals surface area contributed by atoms with Gasteiger partial charge in [-0.05, 0) is 55.8 Å². The molecule has 2 aromatic rings. The highest BCUT2D eigenvalue weighted by atomic mass is 32.2. The Morgan fingerprint density at radius 2 is 1.61 bits per heavy atom. The van der Waals surface area contributed by atoms with Gasteiger partial charge in [-0.1, -0.05) is 36.4 Å². The van der Waals surface area contributed by atoms with E-state index in [9.17, 15) is 4.79 Å². The molecule has 0 unspecified atom stereocenters. The van der Waals surface area contributed by atoms with E-state index < -0.39 is 0 Å². The Labute approximate surface area is 172 Å². The summed E-state index contributed by atoms with van der Waals surface area (Å²) in [6.07, 6.45) is 3.01. The van der Waals surface area contributed by atoms with E-state index in [-0.39, 0.29) is 11.4 Å². The van der Waals surface area contributed by atoms with Crippen LogP contribution in [0.2, 0.25) is 0 Å². The first-order chi connectivity index (χ1) is 13.7. The average Bonchev–Trinajstić information content (AvgIpc) is 2.99. The van der Waals surface area contributed by atoms with Gasteiger partial charge in [0.05, 0.1) is 6.67 Å². The van der Waals surface area contributed by atoms with Crippen molar-refractivity contribution in [1.29, 1.82) is 0 Å². The van der Waals surface area contributed by atoms with E-state index in [1.807, 2.05) is 29.8 Å². The highest BCUT2D eigenvalue weighted by Gasteiger charge is 2.52. The predicted molar refractivity (Wildman–Crippen MR) is 117 cm³/mol. The Morgan fingerprint density at radius 3 is 2.29 bits per heavy atom. The molecule has 0 radical (unpaired) electrons. The van der Waals surface area contributed by atoms with Crippen molar-refractivity contribution in [2.75, 3.05) is 44.0 Å². The van der Waals surface area contributed by atoms with Crippen molar-refractivity contribution in [3.63, 3.8) is 0 Å². The zero-order valence-electron chi connectivity index (χ0n) is 16.6. The third-order valence-corrected chi connectivity index (χ3v) is 7.10. The van der Waals surface area contributed by atoms with Gasteiger partial charge in [-0.3, -0.25) is 4.79 Å². The molecule has 28 heavy (non-hydrogen) atoms. The minimum absolute atomic E-state index is 0.288. The molecule has 0 N–H and O–H groups in total. The van der Waals surface area contributed by atoms with Crippen molar-refractivity contribution in [3.05, 3.63) is 60.7 Å². The number of carbonyl (C=O) groups is 1. The van der Waals surface area contributed by atoms with Crippen LogP contribution in [0.5, 0.6) is 0 Å². The normalized spacial score (nSPS) is 19.5. The van der Waals surface area contributed by atoms with Gasteiger partial charge < -0.3 is 14.7 Å². The number of hydrogen-bond donors (Lipinski definition) is 0. The lowest BCUT2D eigenvalue weighted by atomic mass is 9.85. The van der Waals surface area contributed by atoms with Gasteiger partial charge in [-0.15, -0.1) is 11.8 Å². The van der Waals surface area contributed by atoms with E-state index in [2.05, 4.69) is 64.4 Å². The van der Waals surface area contributed by atoms with E-state index in [1.165, 1.54) is 11.3 Å². The standard InChI is InChI=1S/C23H29N3OS/c1-24-19-26(20-9-4-2-5-10-20)23(22(24)27)13-16-25(17-14-23)15-8-18-28-21-11-6-3-7-12-21/h2-7,9-12H,8,13-19H2,1H3. The molecule has 5 heteroatoms. The van der Waals surface area contributed by atoms with Crippen molar-refractivity contribution in [2.45, 2.75) is 29.7 Å². The number of piperidine rings is 1. The van der Waals surface area contributed by atoms with E-state index in [4.69, 9.17) is 0 Å². The maximum atomic E-state index is 13.1. The van der Waals surface area contributed by atoms with Crippen LogP contribution in [0.25, 0.3) is 0 Å². The highest BCUT2D eigenvalue weighted by molar-refractivity contribution is 7.99. The molecule has 0 aliphatic carbocycles. The first kappa shape index (κ1) is 19.3. The molecule has 2 aromatic carbocycles. The number of likely N-dealkylation sites (tertiary alicyclic amines) is 1. The summed E-state index contributed by atoms with van der Waals surface area (Å²) >= 11 is 1.93. The zero-order valence-corrected chi connectivity index (χ0v) is 17.4. The van der Waals surface area contributed by atoms with Crippen LogP contribution in [0.3, 0.4) is 0 Å². The number of rotatable bonds is 6. The maximum Gasteiger partial charge on any atom is 0.249 e. The largest absolute Gasteiger partial charge is 0.339 e. The second-order valence-corrected chi connectivity index (χ2v) is 8.96. The molecular formula is C23H29N3OS. The maximum absolute atomic E-state index is 13.1. The molecule has 0 saturated carbocycles. The summed E-state index contributed by atoms with van der Waals surface area (Å²) in [5, 5.41) is 0. The minimum atomic E-state index is -0.356. The smallest absolute Gasteiger partial charge is 0.249 e. The Balaban J connectivity index is 1.32. The van der Waals surface area contributed by atoms with Gasteiger partial charge in [0.1, 0.15) is 5.54 Å². The number of amides is 1. The lowest BCUT2D eigenvalue weighted by Gasteiger charge is -2.43. The summed E-state index contributed by atoms with van der Waals surface area (Å²) in [6.45, 7) is 3.81. The van der Waals surface area contributed by atoms with Gasteiger partial charge >= 0.3 is 0 Å². The van der Waals surface area contributed by atoms with E-state index >= 15 is 0 Å². The first-order valence-corrected chi connectivity index (χ1v) is 11.2. The summed E-state index contributed by atoms with van der Waals surface area (Å²) in [5.74, 6) is 1.43. The summed E-state index contributed by atoms with van der Waals surface area (Å²) in [6, 6.07) is 21.0. The lowest BCUT2D eigenvalue weighted by molar-refractivity contribution is -0.132. The van der Waals surface area contributed by atoms with Crippen LogP contribution in [0.4, 0.5) is 5.69 Å². The van der Waals surface area contributed by atoms with E-state index in [1.54, 1.807) is 0 Å². The van der Waals surface area contributed by atoms with Crippen LogP contribution in [0.1, 0.15) is 19.3 Å². The Bertz CT molecular complexity index is 775.